The third-order valence-electron chi connectivity index (χ3n) is 3.70. The molecule has 1 fully saturated rings. The zero-order valence-electron chi connectivity index (χ0n) is 12.3. The lowest BCUT2D eigenvalue weighted by Gasteiger charge is -2.27. The molecule has 1 atom stereocenters. The molecule has 1 aromatic rings. The van der Waals surface area contributed by atoms with E-state index in [2.05, 4.69) is 0 Å². The van der Waals surface area contributed by atoms with Gasteiger partial charge in [0.05, 0.1) is 16.7 Å². The number of ether oxygens (including phenoxy) is 1. The van der Waals surface area contributed by atoms with E-state index in [0.29, 0.717) is 13.2 Å². The van der Waals surface area contributed by atoms with Crippen LogP contribution in [-0.2, 0) is 14.8 Å². The van der Waals surface area contributed by atoms with Crippen molar-refractivity contribution in [3.05, 3.63) is 23.5 Å². The highest BCUT2D eigenvalue weighted by Gasteiger charge is 2.26. The minimum Gasteiger partial charge on any atom is -0.396 e. The highest BCUT2D eigenvalue weighted by atomic mass is 32.2. The van der Waals surface area contributed by atoms with Crippen LogP contribution in [0.4, 0.5) is 10.1 Å². The third kappa shape index (κ3) is 3.53. The molecule has 0 spiro atoms. The number of sulfonamides is 1. The lowest BCUT2D eigenvalue weighted by atomic mass is 10.1. The smallest absolute Gasteiger partial charge is 0.242 e. The van der Waals surface area contributed by atoms with E-state index < -0.39 is 15.8 Å². The third-order valence-corrected chi connectivity index (χ3v) is 5.50. The summed E-state index contributed by atoms with van der Waals surface area (Å²) in [4.78, 5) is 0.0113. The molecular weight excluding hydrogens is 295 g/mol. The first-order valence-electron chi connectivity index (χ1n) is 6.96. The van der Waals surface area contributed by atoms with Gasteiger partial charge in [-0.3, -0.25) is 0 Å². The minimum absolute atomic E-state index is 0.0113. The molecule has 0 amide bonds. The molecule has 0 radical (unpaired) electrons. The molecule has 7 heteroatoms. The average molecular weight is 316 g/mol. The van der Waals surface area contributed by atoms with Gasteiger partial charge in [-0.2, -0.15) is 4.31 Å². The van der Waals surface area contributed by atoms with E-state index in [-0.39, 0.29) is 22.3 Å². The van der Waals surface area contributed by atoms with Crippen molar-refractivity contribution in [1.29, 1.82) is 0 Å². The Morgan fingerprint density at radius 3 is 2.71 bits per heavy atom. The fraction of sp³-hybridized carbons (Fsp3) is 0.571. The largest absolute Gasteiger partial charge is 0.396 e. The minimum atomic E-state index is -3.69. The van der Waals surface area contributed by atoms with Crippen LogP contribution in [0.5, 0.6) is 0 Å². The monoisotopic (exact) mass is 316 g/mol. The molecule has 2 rings (SSSR count). The van der Waals surface area contributed by atoms with Crippen molar-refractivity contribution in [2.75, 3.05) is 25.9 Å². The normalized spacial score (nSPS) is 19.9. The Bertz CT molecular complexity index is 590. The van der Waals surface area contributed by atoms with Gasteiger partial charge in [0.15, 0.2) is 0 Å². The van der Waals surface area contributed by atoms with E-state index in [1.165, 1.54) is 24.3 Å². The van der Waals surface area contributed by atoms with Crippen molar-refractivity contribution in [2.45, 2.75) is 37.2 Å². The lowest BCUT2D eigenvalue weighted by Crippen LogP contribution is -2.37. The molecule has 5 nitrogen and oxygen atoms in total. The predicted molar refractivity (Wildman–Crippen MR) is 79.0 cm³/mol. The molecule has 1 aromatic carbocycles. The second-order valence-corrected chi connectivity index (χ2v) is 7.46. The van der Waals surface area contributed by atoms with E-state index >= 15 is 0 Å². The summed E-state index contributed by atoms with van der Waals surface area (Å²) in [7, 11) is -2.19. The highest BCUT2D eigenvalue weighted by molar-refractivity contribution is 7.89. The molecule has 1 saturated heterocycles. The summed E-state index contributed by atoms with van der Waals surface area (Å²) >= 11 is 0. The Morgan fingerprint density at radius 2 is 2.14 bits per heavy atom. The highest BCUT2D eigenvalue weighted by Crippen LogP contribution is 2.24. The summed E-state index contributed by atoms with van der Waals surface area (Å²) in [6, 6.07) is 2.47. The second kappa shape index (κ2) is 6.29. The number of nitrogen functional groups attached to an aromatic ring is 1. The molecule has 1 unspecified atom stereocenters. The van der Waals surface area contributed by atoms with Gasteiger partial charge in [0, 0.05) is 20.2 Å². The zero-order valence-corrected chi connectivity index (χ0v) is 13.1. The van der Waals surface area contributed by atoms with Crippen LogP contribution < -0.4 is 5.73 Å². The van der Waals surface area contributed by atoms with E-state index in [0.717, 1.165) is 25.3 Å². The number of anilines is 1. The molecule has 118 valence electrons. The van der Waals surface area contributed by atoms with Crippen LogP contribution >= 0.6 is 0 Å². The van der Waals surface area contributed by atoms with Gasteiger partial charge in [-0.1, -0.05) is 0 Å². The van der Waals surface area contributed by atoms with Gasteiger partial charge in [0.25, 0.3) is 0 Å². The molecule has 0 bridgehead atoms. The fourth-order valence-corrected chi connectivity index (χ4v) is 3.75. The van der Waals surface area contributed by atoms with Crippen molar-refractivity contribution < 1.29 is 17.5 Å². The number of likely N-dealkylation sites (N-methyl/N-ethyl adjacent to an activating group) is 1. The first kappa shape index (κ1) is 16.2. The number of nitrogens with zero attached hydrogens (tertiary/aromatic N) is 1. The maximum atomic E-state index is 13.5. The Morgan fingerprint density at radius 1 is 1.43 bits per heavy atom. The van der Waals surface area contributed by atoms with Gasteiger partial charge >= 0.3 is 0 Å². The number of hydrogen-bond acceptors (Lipinski definition) is 4. The van der Waals surface area contributed by atoms with E-state index in [4.69, 9.17) is 10.5 Å². The summed E-state index contributed by atoms with van der Waals surface area (Å²) < 4.78 is 45.3. The maximum Gasteiger partial charge on any atom is 0.242 e. The Hall–Kier alpha value is -1.18. The quantitative estimate of drug-likeness (QED) is 0.861. The van der Waals surface area contributed by atoms with Gasteiger partial charge in [0.1, 0.15) is 5.82 Å². The molecule has 0 aliphatic carbocycles. The Labute approximate surface area is 124 Å². The number of benzene rings is 1. The van der Waals surface area contributed by atoms with Crippen LogP contribution in [0, 0.1) is 12.7 Å². The summed E-state index contributed by atoms with van der Waals surface area (Å²) in [5.74, 6) is -0.577. The number of halogens is 1. The van der Waals surface area contributed by atoms with Crippen LogP contribution in [0.1, 0.15) is 24.8 Å². The Kier molecular flexibility index (Phi) is 4.85. The molecule has 1 heterocycles. The topological polar surface area (TPSA) is 72.6 Å². The standard InChI is InChI=1S/C14H21FN2O3S/c1-10-7-12(8-13(16)14(10)15)21(18,19)17(2)9-11-5-3-4-6-20-11/h7-8,11H,3-6,9,16H2,1-2H3. The van der Waals surface area contributed by atoms with Crippen LogP contribution in [0.25, 0.3) is 0 Å². The van der Waals surface area contributed by atoms with Crippen molar-refractivity contribution in [2.24, 2.45) is 0 Å². The predicted octanol–water partition coefficient (Wildman–Crippen LogP) is 1.91. The first-order valence-corrected chi connectivity index (χ1v) is 8.40. The van der Waals surface area contributed by atoms with Crippen LogP contribution in [0.2, 0.25) is 0 Å². The van der Waals surface area contributed by atoms with E-state index in [1.807, 2.05) is 0 Å². The van der Waals surface area contributed by atoms with Crippen LogP contribution in [0.3, 0.4) is 0 Å². The maximum absolute atomic E-state index is 13.5. The molecule has 1 aliphatic heterocycles. The lowest BCUT2D eigenvalue weighted by molar-refractivity contribution is 0.00858. The number of hydrogen-bond donors (Lipinski definition) is 1. The number of nitrogens with two attached hydrogens (primary N) is 1. The van der Waals surface area contributed by atoms with Gasteiger partial charge in [-0.05, 0) is 43.9 Å². The van der Waals surface area contributed by atoms with E-state index in [1.54, 1.807) is 0 Å². The zero-order chi connectivity index (χ0) is 15.6. The molecule has 0 aromatic heterocycles. The van der Waals surface area contributed by atoms with E-state index in [9.17, 15) is 12.8 Å². The summed E-state index contributed by atoms with van der Waals surface area (Å²) in [6.07, 6.45) is 2.82. The van der Waals surface area contributed by atoms with Crippen molar-refractivity contribution in [3.8, 4) is 0 Å². The first-order chi connectivity index (χ1) is 9.82. The van der Waals surface area contributed by atoms with Gasteiger partial charge in [0.2, 0.25) is 10.0 Å². The van der Waals surface area contributed by atoms with Crippen molar-refractivity contribution in [1.82, 2.24) is 4.31 Å². The van der Waals surface area contributed by atoms with Crippen LogP contribution in [-0.4, -0.2) is 39.0 Å². The molecule has 21 heavy (non-hydrogen) atoms. The molecule has 1 aliphatic rings. The van der Waals surface area contributed by atoms with Gasteiger partial charge in [-0.25, -0.2) is 12.8 Å². The fourth-order valence-electron chi connectivity index (χ4n) is 2.43. The van der Waals surface area contributed by atoms with Crippen LogP contribution in [0.15, 0.2) is 17.0 Å². The number of aryl methyl sites for hydroxylation is 1. The molecule has 0 saturated carbocycles. The second-order valence-electron chi connectivity index (χ2n) is 5.42. The summed E-state index contributed by atoms with van der Waals surface area (Å²) in [6.45, 7) is 2.45. The average Bonchev–Trinajstić information content (AvgIpc) is 2.45. The summed E-state index contributed by atoms with van der Waals surface area (Å²) in [5.41, 5.74) is 5.58. The number of rotatable bonds is 4. The summed E-state index contributed by atoms with van der Waals surface area (Å²) in [5, 5.41) is 0. The Balaban J connectivity index is 2.20. The van der Waals surface area contributed by atoms with Crippen molar-refractivity contribution >= 4 is 15.7 Å². The van der Waals surface area contributed by atoms with Crippen molar-refractivity contribution in [3.63, 3.8) is 0 Å². The molecule has 2 N–H and O–H groups in total. The molecular formula is C14H21FN2O3S. The SMILES string of the molecule is Cc1cc(S(=O)(=O)N(C)CC2CCCCO2)cc(N)c1F. The van der Waals surface area contributed by atoms with Gasteiger partial charge < -0.3 is 10.5 Å². The van der Waals surface area contributed by atoms with Gasteiger partial charge in [-0.15, -0.1) is 0 Å².